The summed E-state index contributed by atoms with van der Waals surface area (Å²) in [5.74, 6) is 0.713. The fraction of sp³-hybridized carbons (Fsp3) is 0.409. The molecule has 0 amide bonds. The first-order valence-corrected chi connectivity index (χ1v) is 9.68. The van der Waals surface area contributed by atoms with Crippen molar-refractivity contribution < 1.29 is 19.4 Å². The predicted molar refractivity (Wildman–Crippen MR) is 109 cm³/mol. The molecule has 3 aromatic rings. The molecule has 1 aliphatic heterocycles. The Kier molecular flexibility index (Phi) is 4.88. The third-order valence-electron chi connectivity index (χ3n) is 4.97. The normalized spacial score (nSPS) is 15.5. The fourth-order valence-corrected chi connectivity index (χ4v) is 3.54. The minimum atomic E-state index is -1.10. The molecule has 3 aromatic heterocycles. The lowest BCUT2D eigenvalue weighted by molar-refractivity contribution is -0.186. The van der Waals surface area contributed by atoms with E-state index in [1.165, 1.54) is 0 Å². The fourth-order valence-electron chi connectivity index (χ4n) is 3.54. The number of hydrogen-bond donors (Lipinski definition) is 1. The summed E-state index contributed by atoms with van der Waals surface area (Å²) in [7, 11) is 1.95. The minimum Gasteiger partial charge on any atom is -0.491 e. The Balaban J connectivity index is 1.87. The first-order chi connectivity index (χ1) is 13.7. The highest BCUT2D eigenvalue weighted by Crippen LogP contribution is 2.36. The first kappa shape index (κ1) is 19.5. The summed E-state index contributed by atoms with van der Waals surface area (Å²) in [5, 5.41) is 11.7. The van der Waals surface area contributed by atoms with Crippen molar-refractivity contribution in [2.45, 2.75) is 38.9 Å². The minimum absolute atomic E-state index is 0.00994. The molecule has 1 aliphatic rings. The zero-order valence-electron chi connectivity index (χ0n) is 17.1. The van der Waals surface area contributed by atoms with Crippen molar-refractivity contribution in [3.05, 3.63) is 42.0 Å². The van der Waals surface area contributed by atoms with Gasteiger partial charge in [0.15, 0.2) is 5.60 Å². The Labute approximate surface area is 169 Å². The molecule has 1 saturated heterocycles. The maximum Gasteiger partial charge on any atom is 0.153 e. The number of ether oxygens (including phenoxy) is 2. The van der Waals surface area contributed by atoms with Crippen LogP contribution in [0.2, 0.25) is 0 Å². The molecule has 1 N–H and O–H groups in total. The number of aliphatic hydroxyl groups is 1. The van der Waals surface area contributed by atoms with Crippen LogP contribution in [0.4, 0.5) is 0 Å². The lowest BCUT2D eigenvalue weighted by Crippen LogP contribution is -2.47. The van der Waals surface area contributed by atoms with Gasteiger partial charge in [-0.3, -0.25) is 9.78 Å². The number of rotatable bonds is 6. The maximum atomic E-state index is 11.5. The van der Waals surface area contributed by atoms with Crippen molar-refractivity contribution >= 4 is 16.7 Å². The molecule has 0 atom stereocenters. The SMILES string of the molecule is CC(=O)Cc1cc2c(-c3cc(OC(C)C)cc(C4(O)COC4)n3)cn(C)c2cn1. The van der Waals surface area contributed by atoms with Crippen molar-refractivity contribution in [1.29, 1.82) is 0 Å². The molecule has 0 radical (unpaired) electrons. The molecule has 0 saturated carbocycles. The van der Waals surface area contributed by atoms with Gasteiger partial charge >= 0.3 is 0 Å². The first-order valence-electron chi connectivity index (χ1n) is 9.68. The number of hydrogen-bond acceptors (Lipinski definition) is 6. The highest BCUT2D eigenvalue weighted by molar-refractivity contribution is 5.95. The maximum absolute atomic E-state index is 11.5. The highest BCUT2D eigenvalue weighted by Gasteiger charge is 2.40. The van der Waals surface area contributed by atoms with Crippen molar-refractivity contribution in [3.63, 3.8) is 0 Å². The van der Waals surface area contributed by atoms with E-state index in [9.17, 15) is 9.90 Å². The van der Waals surface area contributed by atoms with Crippen LogP contribution in [0.25, 0.3) is 22.2 Å². The van der Waals surface area contributed by atoms with Crippen molar-refractivity contribution in [3.8, 4) is 17.0 Å². The van der Waals surface area contributed by atoms with Gasteiger partial charge in [0, 0.05) is 48.4 Å². The summed E-state index contributed by atoms with van der Waals surface area (Å²) in [4.78, 5) is 20.7. The van der Waals surface area contributed by atoms with Gasteiger partial charge in [-0.1, -0.05) is 0 Å². The van der Waals surface area contributed by atoms with Gasteiger partial charge in [0.05, 0.1) is 42.4 Å². The largest absolute Gasteiger partial charge is 0.491 e. The third kappa shape index (κ3) is 3.75. The van der Waals surface area contributed by atoms with Crippen LogP contribution in [-0.4, -0.2) is 44.7 Å². The Hall–Kier alpha value is -2.77. The molecule has 0 aromatic carbocycles. The van der Waals surface area contributed by atoms with E-state index in [4.69, 9.17) is 14.5 Å². The molecule has 7 nitrogen and oxygen atoms in total. The van der Waals surface area contributed by atoms with E-state index < -0.39 is 5.60 Å². The Morgan fingerprint density at radius 3 is 2.72 bits per heavy atom. The number of aromatic nitrogens is 3. The standard InChI is InChI=1S/C22H25N3O4/c1-13(2)29-16-7-19(24-21(8-16)22(27)11-28-12-22)18-10-25(4)20-9-23-15(5-14(3)26)6-17(18)20/h6-10,13,27H,5,11-12H2,1-4H3. The van der Waals surface area contributed by atoms with Crippen LogP contribution in [0, 0.1) is 0 Å². The molecular formula is C22H25N3O4. The molecule has 4 rings (SSSR count). The Morgan fingerprint density at radius 1 is 1.34 bits per heavy atom. The van der Waals surface area contributed by atoms with Gasteiger partial charge in [-0.2, -0.15) is 0 Å². The molecule has 0 unspecified atom stereocenters. The number of fused-ring (bicyclic) bond motifs is 1. The average Bonchev–Trinajstić information content (AvgIpc) is 2.94. The molecule has 7 heteroatoms. The molecule has 0 spiro atoms. The van der Waals surface area contributed by atoms with Gasteiger partial charge in [-0.15, -0.1) is 0 Å². The monoisotopic (exact) mass is 395 g/mol. The van der Waals surface area contributed by atoms with Crippen LogP contribution in [0.1, 0.15) is 32.2 Å². The average molecular weight is 395 g/mol. The van der Waals surface area contributed by atoms with Gasteiger partial charge < -0.3 is 19.1 Å². The number of nitrogens with zero attached hydrogens (tertiary/aromatic N) is 3. The van der Waals surface area contributed by atoms with Gasteiger partial charge in [-0.05, 0) is 26.8 Å². The Morgan fingerprint density at radius 2 is 2.10 bits per heavy atom. The summed E-state index contributed by atoms with van der Waals surface area (Å²) in [6.07, 6.45) is 4.04. The van der Waals surface area contributed by atoms with Gasteiger partial charge in [-0.25, -0.2) is 4.98 Å². The second kappa shape index (κ2) is 7.24. The van der Waals surface area contributed by atoms with E-state index in [1.807, 2.05) is 43.8 Å². The predicted octanol–water partition coefficient (Wildman–Crippen LogP) is 2.77. The van der Waals surface area contributed by atoms with Crippen LogP contribution >= 0.6 is 0 Å². The van der Waals surface area contributed by atoms with Crippen LogP contribution < -0.4 is 4.74 Å². The van der Waals surface area contributed by atoms with Crippen LogP contribution in [0.3, 0.4) is 0 Å². The Bertz CT molecular complexity index is 1080. The zero-order valence-corrected chi connectivity index (χ0v) is 17.1. The lowest BCUT2D eigenvalue weighted by Gasteiger charge is -2.36. The highest BCUT2D eigenvalue weighted by atomic mass is 16.5. The number of Topliss-reactive ketones (excluding diaryl/α,β-unsaturated/α-hetero) is 1. The van der Waals surface area contributed by atoms with Crippen LogP contribution in [0.15, 0.2) is 30.6 Å². The molecule has 4 heterocycles. The van der Waals surface area contributed by atoms with E-state index >= 15 is 0 Å². The quantitative estimate of drug-likeness (QED) is 0.691. The number of carbonyl (C=O) groups excluding carboxylic acids is 1. The van der Waals surface area contributed by atoms with Crippen LogP contribution in [-0.2, 0) is 28.6 Å². The van der Waals surface area contributed by atoms with Gasteiger partial charge in [0.2, 0.25) is 0 Å². The molecule has 0 bridgehead atoms. The summed E-state index contributed by atoms with van der Waals surface area (Å²) in [6, 6.07) is 5.59. The summed E-state index contributed by atoms with van der Waals surface area (Å²) in [5.41, 5.74) is 2.69. The summed E-state index contributed by atoms with van der Waals surface area (Å²) < 4.78 is 13.1. The van der Waals surface area contributed by atoms with E-state index in [0.717, 1.165) is 22.2 Å². The van der Waals surface area contributed by atoms with E-state index in [-0.39, 0.29) is 31.5 Å². The number of carbonyl (C=O) groups is 1. The second-order valence-electron chi connectivity index (χ2n) is 7.99. The summed E-state index contributed by atoms with van der Waals surface area (Å²) >= 11 is 0. The number of aryl methyl sites for hydroxylation is 1. The number of ketones is 1. The van der Waals surface area contributed by atoms with E-state index in [1.54, 1.807) is 19.2 Å². The molecular weight excluding hydrogens is 370 g/mol. The van der Waals surface area contributed by atoms with Gasteiger partial charge in [0.25, 0.3) is 0 Å². The third-order valence-corrected chi connectivity index (χ3v) is 4.97. The number of pyridine rings is 2. The van der Waals surface area contributed by atoms with Crippen molar-refractivity contribution in [1.82, 2.24) is 14.5 Å². The molecule has 1 fully saturated rings. The topological polar surface area (TPSA) is 86.5 Å². The molecule has 152 valence electrons. The molecule has 0 aliphatic carbocycles. The van der Waals surface area contributed by atoms with E-state index in [2.05, 4.69) is 4.98 Å². The van der Waals surface area contributed by atoms with Gasteiger partial charge in [0.1, 0.15) is 11.5 Å². The smallest absolute Gasteiger partial charge is 0.153 e. The van der Waals surface area contributed by atoms with Crippen molar-refractivity contribution in [2.75, 3.05) is 13.2 Å². The summed E-state index contributed by atoms with van der Waals surface area (Å²) in [6.45, 7) is 5.90. The zero-order chi connectivity index (χ0) is 20.8. The van der Waals surface area contributed by atoms with Crippen LogP contribution in [0.5, 0.6) is 5.75 Å². The van der Waals surface area contributed by atoms with E-state index in [0.29, 0.717) is 17.1 Å². The lowest BCUT2D eigenvalue weighted by atomic mass is 9.96. The second-order valence-corrected chi connectivity index (χ2v) is 7.99. The van der Waals surface area contributed by atoms with Crippen molar-refractivity contribution in [2.24, 2.45) is 7.05 Å². The molecule has 29 heavy (non-hydrogen) atoms.